The van der Waals surface area contributed by atoms with Crippen molar-refractivity contribution in [2.45, 2.75) is 32.0 Å². The molecule has 1 aliphatic heterocycles. The van der Waals surface area contributed by atoms with E-state index in [1.165, 1.54) is 0 Å². The monoisotopic (exact) mass is 293 g/mol. The van der Waals surface area contributed by atoms with E-state index in [2.05, 4.69) is 0 Å². The predicted octanol–water partition coefficient (Wildman–Crippen LogP) is 2.19. The third kappa shape index (κ3) is 5.36. The highest BCUT2D eigenvalue weighted by Gasteiger charge is 2.24. The topological polar surface area (TPSA) is 59.0 Å². The van der Waals surface area contributed by atoms with Crippen LogP contribution in [0.15, 0.2) is 30.3 Å². The molecular formula is C16H23NO4. The normalized spacial score (nSPS) is 16.0. The van der Waals surface area contributed by atoms with E-state index >= 15 is 0 Å². The fraction of sp³-hybridized carbons (Fsp3) is 0.562. The van der Waals surface area contributed by atoms with Crippen molar-refractivity contribution < 1.29 is 19.4 Å². The molecule has 116 valence electrons. The first-order valence-corrected chi connectivity index (χ1v) is 7.47. The van der Waals surface area contributed by atoms with E-state index in [1.807, 2.05) is 30.3 Å². The smallest absolute Gasteiger partial charge is 0.410 e. The van der Waals surface area contributed by atoms with E-state index < -0.39 is 0 Å². The molecule has 0 aromatic heterocycles. The first-order valence-electron chi connectivity index (χ1n) is 7.47. The lowest BCUT2D eigenvalue weighted by Gasteiger charge is -2.31. The molecule has 5 nitrogen and oxygen atoms in total. The van der Waals surface area contributed by atoms with Crippen molar-refractivity contribution in [2.75, 3.05) is 26.3 Å². The number of nitrogens with zero attached hydrogens (tertiary/aromatic N) is 1. The minimum atomic E-state index is -0.257. The van der Waals surface area contributed by atoms with Gasteiger partial charge in [-0.3, -0.25) is 0 Å². The molecule has 0 radical (unpaired) electrons. The minimum Gasteiger partial charge on any atom is -0.445 e. The highest BCUT2D eigenvalue weighted by Crippen LogP contribution is 2.15. The second kappa shape index (κ2) is 8.64. The summed E-state index contributed by atoms with van der Waals surface area (Å²) < 4.78 is 11.0. The van der Waals surface area contributed by atoms with Gasteiger partial charge < -0.3 is 19.5 Å². The van der Waals surface area contributed by atoms with Crippen LogP contribution in [0.3, 0.4) is 0 Å². The molecule has 1 aromatic rings. The van der Waals surface area contributed by atoms with Gasteiger partial charge in [-0.2, -0.15) is 0 Å². The van der Waals surface area contributed by atoms with Gasteiger partial charge in [0.15, 0.2) is 0 Å². The van der Waals surface area contributed by atoms with Crippen LogP contribution in [0.2, 0.25) is 0 Å². The van der Waals surface area contributed by atoms with Gasteiger partial charge in [-0.1, -0.05) is 30.3 Å². The van der Waals surface area contributed by atoms with E-state index in [9.17, 15) is 4.79 Å². The van der Waals surface area contributed by atoms with Crippen LogP contribution in [0.4, 0.5) is 4.79 Å². The first kappa shape index (κ1) is 15.8. The van der Waals surface area contributed by atoms with Crippen molar-refractivity contribution in [3.63, 3.8) is 0 Å². The summed E-state index contributed by atoms with van der Waals surface area (Å²) in [6.07, 6.45) is 2.25. The maximum Gasteiger partial charge on any atom is 0.410 e. The van der Waals surface area contributed by atoms with Crippen LogP contribution in [-0.2, 0) is 16.1 Å². The summed E-state index contributed by atoms with van der Waals surface area (Å²) in [4.78, 5) is 13.7. The van der Waals surface area contributed by atoms with Crippen molar-refractivity contribution in [2.24, 2.45) is 0 Å². The van der Waals surface area contributed by atoms with E-state index in [1.54, 1.807) is 4.90 Å². The maximum absolute atomic E-state index is 12.0. The molecule has 1 saturated heterocycles. The number of amides is 1. The summed E-state index contributed by atoms with van der Waals surface area (Å²) in [6.45, 7) is 2.38. The van der Waals surface area contributed by atoms with Gasteiger partial charge in [0.05, 0.1) is 6.10 Å². The number of likely N-dealkylation sites (tertiary alicyclic amines) is 1. The second-order valence-electron chi connectivity index (χ2n) is 5.17. The Morgan fingerprint density at radius 1 is 1.24 bits per heavy atom. The molecule has 1 N–H and O–H groups in total. The molecule has 1 heterocycles. The number of piperidine rings is 1. The third-order valence-electron chi connectivity index (χ3n) is 3.56. The zero-order valence-corrected chi connectivity index (χ0v) is 12.2. The van der Waals surface area contributed by atoms with Crippen LogP contribution in [0, 0.1) is 0 Å². The number of benzene rings is 1. The lowest BCUT2D eigenvalue weighted by atomic mass is 10.1. The third-order valence-corrected chi connectivity index (χ3v) is 3.56. The average Bonchev–Trinajstić information content (AvgIpc) is 2.54. The quantitative estimate of drug-likeness (QED) is 0.817. The average molecular weight is 293 g/mol. The molecule has 0 bridgehead atoms. The maximum atomic E-state index is 12.0. The van der Waals surface area contributed by atoms with Crippen LogP contribution in [0.5, 0.6) is 0 Å². The number of ether oxygens (including phenoxy) is 2. The Morgan fingerprint density at radius 2 is 1.95 bits per heavy atom. The largest absolute Gasteiger partial charge is 0.445 e. The van der Waals surface area contributed by atoms with Gasteiger partial charge in [0.2, 0.25) is 0 Å². The Bertz CT molecular complexity index is 416. The van der Waals surface area contributed by atoms with E-state index in [0.29, 0.717) is 32.7 Å². The minimum absolute atomic E-state index is 0.157. The molecule has 1 fully saturated rings. The molecule has 2 rings (SSSR count). The molecule has 1 amide bonds. The molecule has 0 atom stereocenters. The zero-order chi connectivity index (χ0) is 14.9. The van der Waals surface area contributed by atoms with Gasteiger partial charge in [-0.15, -0.1) is 0 Å². The summed E-state index contributed by atoms with van der Waals surface area (Å²) in [5.74, 6) is 0. The van der Waals surface area contributed by atoms with Crippen molar-refractivity contribution in [1.82, 2.24) is 4.90 Å². The van der Waals surface area contributed by atoms with E-state index in [4.69, 9.17) is 14.6 Å². The Kier molecular flexibility index (Phi) is 6.50. The molecule has 1 aliphatic rings. The number of aliphatic hydroxyl groups excluding tert-OH is 1. The molecule has 0 saturated carbocycles. The van der Waals surface area contributed by atoms with Crippen molar-refractivity contribution in [3.05, 3.63) is 35.9 Å². The fourth-order valence-corrected chi connectivity index (χ4v) is 2.33. The first-order chi connectivity index (χ1) is 10.3. The van der Waals surface area contributed by atoms with Gasteiger partial charge in [0.1, 0.15) is 6.61 Å². The number of hydrogen-bond acceptors (Lipinski definition) is 4. The zero-order valence-electron chi connectivity index (χ0n) is 12.2. The summed E-state index contributed by atoms with van der Waals surface area (Å²) in [6, 6.07) is 9.67. The van der Waals surface area contributed by atoms with Crippen LogP contribution >= 0.6 is 0 Å². The summed E-state index contributed by atoms with van der Waals surface area (Å²) in [5.41, 5.74) is 0.994. The molecule has 1 aromatic carbocycles. The van der Waals surface area contributed by atoms with Crippen LogP contribution in [-0.4, -0.2) is 48.5 Å². The Balaban J connectivity index is 1.66. The van der Waals surface area contributed by atoms with Crippen LogP contribution in [0.1, 0.15) is 24.8 Å². The fourth-order valence-electron chi connectivity index (χ4n) is 2.33. The second-order valence-corrected chi connectivity index (χ2v) is 5.17. The molecule has 5 heteroatoms. The van der Waals surface area contributed by atoms with E-state index in [-0.39, 0.29) is 18.8 Å². The Morgan fingerprint density at radius 3 is 2.62 bits per heavy atom. The van der Waals surface area contributed by atoms with E-state index in [0.717, 1.165) is 18.4 Å². The van der Waals surface area contributed by atoms with Gasteiger partial charge in [0, 0.05) is 26.3 Å². The van der Waals surface area contributed by atoms with Gasteiger partial charge in [-0.25, -0.2) is 4.79 Å². The van der Waals surface area contributed by atoms with Crippen molar-refractivity contribution in [1.29, 1.82) is 0 Å². The molecule has 0 unspecified atom stereocenters. The SMILES string of the molecule is O=C(OCc1ccccc1)N1CCC(OCCCO)CC1. The molecule has 21 heavy (non-hydrogen) atoms. The van der Waals surface area contributed by atoms with Crippen LogP contribution < -0.4 is 0 Å². The van der Waals surface area contributed by atoms with Crippen LogP contribution in [0.25, 0.3) is 0 Å². The lowest BCUT2D eigenvalue weighted by Crippen LogP contribution is -2.41. The number of carbonyl (C=O) groups is 1. The lowest BCUT2D eigenvalue weighted by molar-refractivity contribution is 0.000415. The summed E-state index contributed by atoms with van der Waals surface area (Å²) >= 11 is 0. The van der Waals surface area contributed by atoms with Crippen molar-refractivity contribution in [3.8, 4) is 0 Å². The van der Waals surface area contributed by atoms with Gasteiger partial charge in [-0.05, 0) is 24.8 Å². The van der Waals surface area contributed by atoms with Crippen molar-refractivity contribution >= 4 is 6.09 Å². The van der Waals surface area contributed by atoms with Gasteiger partial charge in [0.25, 0.3) is 0 Å². The highest BCUT2D eigenvalue weighted by molar-refractivity contribution is 5.67. The standard InChI is InChI=1S/C16H23NO4/c18-11-4-12-20-15-7-9-17(10-8-15)16(19)21-13-14-5-2-1-3-6-14/h1-3,5-6,15,18H,4,7-13H2. The molecule has 0 aliphatic carbocycles. The number of rotatable bonds is 6. The molecule has 0 spiro atoms. The number of carbonyl (C=O) groups excluding carboxylic acids is 1. The Labute approximate surface area is 125 Å². The van der Waals surface area contributed by atoms with Gasteiger partial charge >= 0.3 is 6.09 Å². The predicted molar refractivity (Wildman–Crippen MR) is 78.9 cm³/mol. The summed E-state index contributed by atoms with van der Waals surface area (Å²) in [7, 11) is 0. The summed E-state index contributed by atoms with van der Waals surface area (Å²) in [5, 5.41) is 8.71. The molecular weight excluding hydrogens is 270 g/mol. The highest BCUT2D eigenvalue weighted by atomic mass is 16.6. The Hall–Kier alpha value is -1.59. The number of aliphatic hydroxyl groups is 1. The number of hydrogen-bond donors (Lipinski definition) is 1.